The Balaban J connectivity index is 0.806. The van der Waals surface area contributed by atoms with E-state index in [0.717, 1.165) is 0 Å². The molecule has 0 aliphatic carbocycles. The topological polar surface area (TPSA) is 389 Å². The van der Waals surface area contributed by atoms with Gasteiger partial charge in [-0.3, -0.25) is 0 Å². The van der Waals surface area contributed by atoms with E-state index in [2.05, 4.69) is 0 Å². The first kappa shape index (κ1) is 77.4. The summed E-state index contributed by atoms with van der Waals surface area (Å²) in [5.74, 6) is 0. The van der Waals surface area contributed by atoms with Crippen molar-refractivity contribution in [1.29, 1.82) is 0 Å². The summed E-state index contributed by atoms with van der Waals surface area (Å²) >= 11 is 0. The van der Waals surface area contributed by atoms with Crippen LogP contribution in [-0.4, -0.2) is 384 Å². The lowest BCUT2D eigenvalue weighted by molar-refractivity contribution is -0.404. The minimum absolute atomic E-state index is 0.00760. The van der Waals surface area contributed by atoms with Gasteiger partial charge >= 0.3 is 0 Å². The second kappa shape index (κ2) is 36.0. The van der Waals surface area contributed by atoms with Crippen LogP contribution in [0.15, 0.2) is 30.3 Å². The molecule has 35 heteroatoms. The van der Waals surface area contributed by atoms with Crippen LogP contribution >= 0.6 is 0 Å². The molecule has 35 nitrogen and oxygen atoms in total. The minimum atomic E-state index is -1.91. The molecule has 97 heavy (non-hydrogen) atoms. The zero-order valence-corrected chi connectivity index (χ0v) is 56.6. The molecule has 9 saturated heterocycles. The number of aliphatic hydroxyl groups excluding tert-OH is 6. The average molecular weight is 1410 g/mol. The molecule has 0 saturated carbocycles. The van der Waals surface area contributed by atoms with Gasteiger partial charge in [-0.25, -0.2) is 0 Å². The van der Waals surface area contributed by atoms with E-state index in [1.54, 1.807) is 31.4 Å². The highest BCUT2D eigenvalue weighted by Crippen LogP contribution is 2.43. The molecule has 9 aliphatic heterocycles. The van der Waals surface area contributed by atoms with E-state index < -0.39 is 234 Å². The number of fused-ring (bicyclic) bond motifs is 3. The van der Waals surface area contributed by atoms with Crippen LogP contribution in [0.4, 0.5) is 0 Å². The van der Waals surface area contributed by atoms with Crippen molar-refractivity contribution in [2.75, 3.05) is 139 Å². The molecule has 36 atom stereocenters. The number of aliphatic hydroxyl groups is 6. The van der Waals surface area contributed by atoms with Crippen molar-refractivity contribution in [3.63, 3.8) is 0 Å². The molecular formula is C62H100O35. The Morgan fingerprint density at radius 1 is 0.320 bits per heavy atom. The van der Waals surface area contributed by atoms with E-state index >= 15 is 0 Å². The van der Waals surface area contributed by atoms with Gasteiger partial charge in [0.2, 0.25) is 0 Å². The van der Waals surface area contributed by atoms with Crippen LogP contribution in [0.3, 0.4) is 0 Å². The van der Waals surface area contributed by atoms with Gasteiger partial charge in [-0.15, -0.1) is 0 Å². The lowest BCUT2D eigenvalue weighted by Crippen LogP contribution is -2.69. The van der Waals surface area contributed by atoms with Crippen molar-refractivity contribution < 1.29 is 168 Å². The summed E-state index contributed by atoms with van der Waals surface area (Å²) in [4.78, 5) is 0. The van der Waals surface area contributed by atoms with Gasteiger partial charge in [0.15, 0.2) is 50.3 Å². The van der Waals surface area contributed by atoms with Crippen LogP contribution in [0.2, 0.25) is 0 Å². The monoisotopic (exact) mass is 1400 g/mol. The van der Waals surface area contributed by atoms with E-state index in [1.807, 2.05) is 6.07 Å². The summed E-state index contributed by atoms with van der Waals surface area (Å²) < 4.78 is 180. The standard InChI is InChI=1S/C62H100O35/c1-69-21-29-41(94-59-51(78-10)45(72-4)40(28(20-64)85-59)93-56-36(67)34(65)38(27(19-63)84-56)92-57-37(68)35(66)39-32(86-57)24-82-55(91-39)26-17-15-14-16-18-26)47(74-6)52(79-11)60(88-29)95-42-30(22-70-2)89-61(53(80-12)48(42)75-7)96-43-31(23-71-3)90-62(54(81-13)49(43)76-8)97-44-33-25-83-58(87-33)50(77-9)46(44)73-5/h14-18,27-68H,19-25H2,1-13H3/t27?,28?,29?,30?,31?,32?,33-,34+,35+,36?,37?,38+,39+,40+,41+,42+,43+,44+,45?,46?,47?,48-,49-,50?,51?,52?,53?,54?,55?,56-,57-,58+,59+,60-,61-,62-/m0/s1. The van der Waals surface area contributed by atoms with Gasteiger partial charge in [-0.05, 0) is 0 Å². The van der Waals surface area contributed by atoms with Crippen molar-refractivity contribution in [1.82, 2.24) is 0 Å². The fraction of sp³-hybridized carbons (Fsp3) is 0.903. The van der Waals surface area contributed by atoms with Crippen LogP contribution in [0.25, 0.3) is 0 Å². The van der Waals surface area contributed by atoms with Crippen LogP contribution < -0.4 is 0 Å². The van der Waals surface area contributed by atoms with Gasteiger partial charge in [0.25, 0.3) is 0 Å². The maximum atomic E-state index is 11.7. The second-order valence-corrected chi connectivity index (χ2v) is 24.6. The Kier molecular flexibility index (Phi) is 28.7. The van der Waals surface area contributed by atoms with Gasteiger partial charge in [0.1, 0.15) is 171 Å². The fourth-order valence-electron chi connectivity index (χ4n) is 14.5. The lowest BCUT2D eigenvalue weighted by atomic mass is 9.94. The van der Waals surface area contributed by atoms with Crippen molar-refractivity contribution >= 4 is 0 Å². The molecule has 9 heterocycles. The molecule has 0 radical (unpaired) electrons. The predicted molar refractivity (Wildman–Crippen MR) is 318 cm³/mol. The molecule has 0 aromatic heterocycles. The van der Waals surface area contributed by atoms with Crippen LogP contribution in [0.1, 0.15) is 11.9 Å². The average Bonchev–Trinajstić information content (AvgIpc) is 0.965. The zero-order valence-electron chi connectivity index (χ0n) is 56.6. The van der Waals surface area contributed by atoms with E-state index in [-0.39, 0.29) is 33.0 Å². The van der Waals surface area contributed by atoms with Gasteiger partial charge < -0.3 is 168 Å². The molecule has 6 N–H and O–H groups in total. The van der Waals surface area contributed by atoms with E-state index in [4.69, 9.17) is 137 Å². The first-order valence-electron chi connectivity index (χ1n) is 32.2. The summed E-state index contributed by atoms with van der Waals surface area (Å²) in [6.45, 7) is -1.53. The van der Waals surface area contributed by atoms with Crippen LogP contribution in [0, 0.1) is 0 Å². The lowest BCUT2D eigenvalue weighted by Gasteiger charge is -2.52. The molecule has 10 rings (SSSR count). The second-order valence-electron chi connectivity index (χ2n) is 24.6. The van der Waals surface area contributed by atoms with Gasteiger partial charge in [-0.2, -0.15) is 0 Å². The maximum absolute atomic E-state index is 11.7. The van der Waals surface area contributed by atoms with Crippen LogP contribution in [-0.2, 0) is 137 Å². The molecule has 558 valence electrons. The Bertz CT molecular complexity index is 2450. The summed E-state index contributed by atoms with van der Waals surface area (Å²) in [7, 11) is 19.1. The van der Waals surface area contributed by atoms with Crippen LogP contribution in [0.5, 0.6) is 0 Å². The Hall–Kier alpha value is -2.18. The third-order valence-corrected chi connectivity index (χ3v) is 19.2. The highest BCUT2D eigenvalue weighted by Gasteiger charge is 2.61. The summed E-state index contributed by atoms with van der Waals surface area (Å²) in [6.07, 6.45) is -41.1. The van der Waals surface area contributed by atoms with Gasteiger partial charge in [-0.1, -0.05) is 30.3 Å². The quantitative estimate of drug-likeness (QED) is 0.0413. The van der Waals surface area contributed by atoms with E-state index in [0.29, 0.717) is 5.56 Å². The Morgan fingerprint density at radius 3 is 1.10 bits per heavy atom. The Morgan fingerprint density at radius 2 is 0.670 bits per heavy atom. The summed E-state index contributed by atoms with van der Waals surface area (Å²) in [5, 5.41) is 67.5. The van der Waals surface area contributed by atoms with Crippen molar-refractivity contribution in [2.45, 2.75) is 221 Å². The molecule has 0 spiro atoms. The molecule has 9 fully saturated rings. The fourth-order valence-corrected chi connectivity index (χ4v) is 14.5. The molecule has 1 aromatic rings. The van der Waals surface area contributed by atoms with Gasteiger partial charge in [0.05, 0.1) is 46.2 Å². The number of benzene rings is 1. The Labute approximate surface area is 562 Å². The number of hydrogen-bond donors (Lipinski definition) is 6. The normalized spacial score (nSPS) is 47.2. The summed E-state index contributed by atoms with van der Waals surface area (Å²) in [5.41, 5.74) is 0.685. The van der Waals surface area contributed by atoms with E-state index in [1.165, 1.54) is 85.3 Å². The number of ether oxygens (including phenoxy) is 29. The van der Waals surface area contributed by atoms with Gasteiger partial charge in [0, 0.05) is 98.0 Å². The van der Waals surface area contributed by atoms with Crippen molar-refractivity contribution in [3.05, 3.63) is 35.9 Å². The van der Waals surface area contributed by atoms with Crippen molar-refractivity contribution in [3.8, 4) is 0 Å². The third-order valence-electron chi connectivity index (χ3n) is 19.2. The number of methoxy groups -OCH3 is 13. The SMILES string of the molecule is COCC1O[C@@H](O[C@@H]2C(COC)O[C@@H](O[C@@H]3C(COC)O[C@@H](O[C@H]4C(OC)C(OC)[C@@H]5OC[C@@H]4O5)C(OC)[C@H]3OC)C(OC)[C@H]2OC)C(OC)C(OC)[C@@H]1O[C@H]1OC(CO)[C@@H](O[C@@H]2OC(CO)[C@@H](O[C@@H]3OC4COC(c5ccccc5)O[C@H]4[C@H](O)C3O)[C@H](O)C2O)C(OC)C1OC. The number of rotatable bonds is 31. The molecule has 2 bridgehead atoms. The highest BCUT2D eigenvalue weighted by molar-refractivity contribution is 5.17. The molecular weight excluding hydrogens is 1300 g/mol. The molecule has 9 aliphatic rings. The minimum Gasteiger partial charge on any atom is -0.394 e. The van der Waals surface area contributed by atoms with E-state index in [9.17, 15) is 30.6 Å². The summed E-state index contributed by atoms with van der Waals surface area (Å²) in [6, 6.07) is 9.01. The first-order chi connectivity index (χ1) is 47.1. The predicted octanol–water partition coefficient (Wildman–Crippen LogP) is -3.97. The zero-order chi connectivity index (χ0) is 69.4. The largest absolute Gasteiger partial charge is 0.394 e. The molecule has 17 unspecified atom stereocenters. The number of hydrogen-bond acceptors (Lipinski definition) is 35. The smallest absolute Gasteiger partial charge is 0.187 e. The highest BCUT2D eigenvalue weighted by atomic mass is 16.8. The third kappa shape index (κ3) is 16.2. The maximum Gasteiger partial charge on any atom is 0.187 e. The molecule has 1 aromatic carbocycles. The molecule has 0 amide bonds. The first-order valence-corrected chi connectivity index (χ1v) is 32.2. The van der Waals surface area contributed by atoms with Crippen molar-refractivity contribution in [2.24, 2.45) is 0 Å².